The first-order valence-corrected chi connectivity index (χ1v) is 10.2. The summed E-state index contributed by atoms with van der Waals surface area (Å²) in [5.41, 5.74) is 2.48. The van der Waals surface area contributed by atoms with Gasteiger partial charge in [-0.15, -0.1) is 0 Å². The van der Waals surface area contributed by atoms with Crippen molar-refractivity contribution in [2.75, 3.05) is 0 Å². The van der Waals surface area contributed by atoms with Gasteiger partial charge in [-0.1, -0.05) is 72.8 Å². The number of fused-ring (bicyclic) bond motifs is 6. The summed E-state index contributed by atoms with van der Waals surface area (Å²) >= 11 is 0. The van der Waals surface area contributed by atoms with Crippen molar-refractivity contribution in [3.63, 3.8) is 0 Å². The molecule has 0 bridgehead atoms. The highest BCUT2D eigenvalue weighted by atomic mass is 16.3. The zero-order valence-electron chi connectivity index (χ0n) is 16.3. The molecule has 1 aliphatic rings. The molecule has 29 heavy (non-hydrogen) atoms. The highest BCUT2D eigenvalue weighted by molar-refractivity contribution is 6.08. The second-order valence-electron chi connectivity index (χ2n) is 7.65. The average Bonchev–Trinajstić information content (AvgIpc) is 2.79. The zero-order valence-corrected chi connectivity index (χ0v) is 16.3. The molecule has 2 heteroatoms. The Hall–Kier alpha value is -3.23. The fraction of sp³-hybridized carbons (Fsp3) is 0.148. The van der Waals surface area contributed by atoms with Crippen LogP contribution in [0.3, 0.4) is 0 Å². The van der Waals surface area contributed by atoms with Crippen LogP contribution in [0.2, 0.25) is 0 Å². The van der Waals surface area contributed by atoms with Crippen LogP contribution in [0.15, 0.2) is 91.3 Å². The van der Waals surface area contributed by atoms with Gasteiger partial charge >= 0.3 is 0 Å². The van der Waals surface area contributed by atoms with Gasteiger partial charge in [-0.3, -0.25) is 4.98 Å². The van der Waals surface area contributed by atoms with Crippen LogP contribution in [0.1, 0.15) is 30.1 Å². The lowest BCUT2D eigenvalue weighted by molar-refractivity contribution is 0.158. The molecule has 0 saturated carbocycles. The third kappa shape index (κ3) is 3.37. The van der Waals surface area contributed by atoms with Crippen LogP contribution in [-0.4, -0.2) is 10.1 Å². The van der Waals surface area contributed by atoms with Gasteiger partial charge in [0, 0.05) is 12.4 Å². The summed E-state index contributed by atoms with van der Waals surface area (Å²) in [4.78, 5) is 4.01. The predicted octanol–water partition coefficient (Wildman–Crippen LogP) is 6.60. The van der Waals surface area contributed by atoms with Crippen LogP contribution >= 0.6 is 0 Å². The number of nitrogens with zero attached hydrogens (tertiary/aromatic N) is 1. The molecule has 1 unspecified atom stereocenters. The summed E-state index contributed by atoms with van der Waals surface area (Å²) in [7, 11) is 0. The van der Waals surface area contributed by atoms with Crippen molar-refractivity contribution < 1.29 is 5.11 Å². The lowest BCUT2D eigenvalue weighted by atomic mass is 9.85. The van der Waals surface area contributed by atoms with Gasteiger partial charge in [0.1, 0.15) is 0 Å². The number of pyridine rings is 1. The van der Waals surface area contributed by atoms with Crippen molar-refractivity contribution in [2.24, 2.45) is 0 Å². The Labute approximate surface area is 170 Å². The second kappa shape index (κ2) is 7.65. The smallest absolute Gasteiger partial charge is 0.0798 e. The van der Waals surface area contributed by atoms with Gasteiger partial charge in [-0.2, -0.15) is 0 Å². The van der Waals surface area contributed by atoms with E-state index in [0.717, 1.165) is 24.8 Å². The molecule has 0 fully saturated rings. The Morgan fingerprint density at radius 1 is 0.690 bits per heavy atom. The molecule has 1 aromatic heterocycles. The topological polar surface area (TPSA) is 33.1 Å². The van der Waals surface area contributed by atoms with Crippen molar-refractivity contribution >= 4 is 32.3 Å². The second-order valence-corrected chi connectivity index (χ2v) is 7.65. The zero-order chi connectivity index (χ0) is 19.6. The Balaban J connectivity index is 0.000000153. The van der Waals surface area contributed by atoms with Crippen LogP contribution in [0.5, 0.6) is 0 Å². The quantitative estimate of drug-likeness (QED) is 0.309. The third-order valence-corrected chi connectivity index (χ3v) is 5.86. The maximum atomic E-state index is 10.3. The van der Waals surface area contributed by atoms with Gasteiger partial charge in [0.15, 0.2) is 0 Å². The van der Waals surface area contributed by atoms with Crippen molar-refractivity contribution in [3.8, 4) is 0 Å². The number of benzene rings is 4. The van der Waals surface area contributed by atoms with Crippen LogP contribution in [0, 0.1) is 0 Å². The average molecular weight is 377 g/mol. The molecule has 0 radical (unpaired) electrons. The van der Waals surface area contributed by atoms with Crippen LogP contribution in [0.4, 0.5) is 0 Å². The van der Waals surface area contributed by atoms with Crippen molar-refractivity contribution in [3.05, 3.63) is 102 Å². The van der Waals surface area contributed by atoms with E-state index in [1.807, 2.05) is 30.6 Å². The molecule has 6 rings (SSSR count). The van der Waals surface area contributed by atoms with Gasteiger partial charge in [-0.05, 0) is 68.8 Å². The molecule has 0 saturated heterocycles. The Bertz CT molecular complexity index is 1240. The van der Waals surface area contributed by atoms with E-state index in [2.05, 4.69) is 65.6 Å². The maximum absolute atomic E-state index is 10.3. The molecule has 0 amide bonds. The lowest BCUT2D eigenvalue weighted by Gasteiger charge is -2.23. The number of aliphatic hydroxyl groups is 1. The molecule has 142 valence electrons. The number of hydrogen-bond acceptors (Lipinski definition) is 2. The molecule has 1 aliphatic carbocycles. The van der Waals surface area contributed by atoms with E-state index in [4.69, 9.17) is 0 Å². The molecule has 0 spiro atoms. The lowest BCUT2D eigenvalue weighted by Crippen LogP contribution is -2.09. The summed E-state index contributed by atoms with van der Waals surface area (Å²) in [5, 5.41) is 17.8. The molecule has 4 aromatic carbocycles. The van der Waals surface area contributed by atoms with E-state index in [-0.39, 0.29) is 6.10 Å². The van der Waals surface area contributed by atoms with Crippen molar-refractivity contribution in [2.45, 2.75) is 25.4 Å². The number of hydrogen-bond donors (Lipinski definition) is 1. The van der Waals surface area contributed by atoms with Gasteiger partial charge in [0.25, 0.3) is 0 Å². The first kappa shape index (κ1) is 17.8. The standard InChI is InChI=1S/C18H16O.C9H7N/c19-17-7-3-5-13-9-10-15-14-6-2-1-4-12(14)8-11-16(15)18(13)17;1-2-4-9-7-10-6-5-8(9)3-1/h1-2,4,6,8-11,17,19H,3,5,7H2;1-7H. The Morgan fingerprint density at radius 3 is 2.31 bits per heavy atom. The van der Waals surface area contributed by atoms with Gasteiger partial charge < -0.3 is 5.11 Å². The van der Waals surface area contributed by atoms with E-state index >= 15 is 0 Å². The first-order valence-electron chi connectivity index (χ1n) is 10.2. The van der Waals surface area contributed by atoms with Gasteiger partial charge in [0.05, 0.1) is 6.10 Å². The number of aryl methyl sites for hydroxylation is 1. The van der Waals surface area contributed by atoms with E-state index in [9.17, 15) is 5.11 Å². The number of aliphatic hydroxyl groups excluding tert-OH is 1. The van der Waals surface area contributed by atoms with Crippen molar-refractivity contribution in [1.82, 2.24) is 4.98 Å². The summed E-state index contributed by atoms with van der Waals surface area (Å²) in [5.74, 6) is 0. The van der Waals surface area contributed by atoms with Gasteiger partial charge in [-0.25, -0.2) is 0 Å². The van der Waals surface area contributed by atoms with E-state index in [0.29, 0.717) is 0 Å². The SMILES string of the molecule is OC1CCCc2ccc3c(ccc4ccccc43)c21.c1ccc2cnccc2c1. The van der Waals surface area contributed by atoms with Gasteiger partial charge in [0.2, 0.25) is 0 Å². The summed E-state index contributed by atoms with van der Waals surface area (Å²) < 4.78 is 0. The fourth-order valence-corrected chi connectivity index (χ4v) is 4.43. The van der Waals surface area contributed by atoms with E-state index < -0.39 is 0 Å². The fourth-order valence-electron chi connectivity index (χ4n) is 4.43. The predicted molar refractivity (Wildman–Crippen MR) is 121 cm³/mol. The molecule has 2 nitrogen and oxygen atoms in total. The summed E-state index contributed by atoms with van der Waals surface area (Å²) in [6.45, 7) is 0. The Morgan fingerprint density at radius 2 is 1.45 bits per heavy atom. The van der Waals surface area contributed by atoms with Crippen molar-refractivity contribution in [1.29, 1.82) is 0 Å². The Kier molecular flexibility index (Phi) is 4.71. The van der Waals surface area contributed by atoms with E-state index in [1.165, 1.54) is 37.9 Å². The number of rotatable bonds is 0. The first-order chi connectivity index (χ1) is 14.3. The van der Waals surface area contributed by atoms with Crippen LogP contribution in [-0.2, 0) is 6.42 Å². The molecular weight excluding hydrogens is 354 g/mol. The normalized spacial score (nSPS) is 15.7. The minimum Gasteiger partial charge on any atom is -0.388 e. The van der Waals surface area contributed by atoms with E-state index in [1.54, 1.807) is 0 Å². The summed E-state index contributed by atoms with van der Waals surface area (Å²) in [6.07, 6.45) is 6.45. The molecule has 1 atom stereocenters. The number of aromatic nitrogens is 1. The minimum absolute atomic E-state index is 0.298. The molecule has 1 heterocycles. The van der Waals surface area contributed by atoms with Crippen LogP contribution in [0.25, 0.3) is 32.3 Å². The third-order valence-electron chi connectivity index (χ3n) is 5.86. The highest BCUT2D eigenvalue weighted by Gasteiger charge is 2.20. The largest absolute Gasteiger partial charge is 0.388 e. The summed E-state index contributed by atoms with van der Waals surface area (Å²) in [6, 6.07) is 27.4. The molecule has 5 aromatic rings. The minimum atomic E-state index is -0.298. The molecule has 1 N–H and O–H groups in total. The molecule has 0 aliphatic heterocycles. The maximum Gasteiger partial charge on any atom is 0.0798 e. The highest BCUT2D eigenvalue weighted by Crippen LogP contribution is 2.37. The van der Waals surface area contributed by atoms with Crippen LogP contribution < -0.4 is 0 Å². The molecular formula is C27H23NO. The monoisotopic (exact) mass is 377 g/mol.